The lowest BCUT2D eigenvalue weighted by atomic mass is 9.81. The van der Waals surface area contributed by atoms with Crippen LogP contribution >= 0.6 is 0 Å². The van der Waals surface area contributed by atoms with Crippen molar-refractivity contribution < 1.29 is 9.53 Å². The van der Waals surface area contributed by atoms with Crippen molar-refractivity contribution in [1.29, 1.82) is 0 Å². The first kappa shape index (κ1) is 15.1. The molecule has 3 rings (SSSR count). The fourth-order valence-corrected chi connectivity index (χ4v) is 3.88. The van der Waals surface area contributed by atoms with Crippen molar-refractivity contribution in [2.75, 3.05) is 39.6 Å². The van der Waals surface area contributed by atoms with Gasteiger partial charge in [0.25, 0.3) is 0 Å². The number of hydrazine groups is 1. The number of likely N-dealkylation sites (tertiary alicyclic amines) is 1. The van der Waals surface area contributed by atoms with Gasteiger partial charge in [0.2, 0.25) is 0 Å². The van der Waals surface area contributed by atoms with E-state index in [2.05, 4.69) is 42.3 Å². The van der Waals surface area contributed by atoms with Crippen LogP contribution in [0.2, 0.25) is 0 Å². The first-order chi connectivity index (χ1) is 10.4. The van der Waals surface area contributed by atoms with Crippen LogP contribution in [0, 0.1) is 0 Å². The van der Waals surface area contributed by atoms with Gasteiger partial charge in [-0.2, -0.15) is 0 Å². The summed E-state index contributed by atoms with van der Waals surface area (Å²) < 4.78 is 5.44. The fraction of sp³-hybridized carbons (Fsp3) is 0.562. The third-order valence-corrected chi connectivity index (χ3v) is 5.12. The van der Waals surface area contributed by atoms with Crippen molar-refractivity contribution in [2.24, 2.45) is 0 Å². The molecule has 6 heteroatoms. The number of fused-ring (bicyclic) bond motifs is 3. The highest BCUT2D eigenvalue weighted by molar-refractivity contribution is 5.72. The zero-order valence-corrected chi connectivity index (χ0v) is 13.9. The van der Waals surface area contributed by atoms with Crippen molar-refractivity contribution >= 4 is 11.8 Å². The van der Waals surface area contributed by atoms with E-state index >= 15 is 0 Å². The van der Waals surface area contributed by atoms with Gasteiger partial charge in [-0.25, -0.2) is 15.2 Å². The van der Waals surface area contributed by atoms with Crippen molar-refractivity contribution in [1.82, 2.24) is 15.3 Å². The third-order valence-electron chi connectivity index (χ3n) is 5.12. The average molecular weight is 304 g/mol. The van der Waals surface area contributed by atoms with Crippen molar-refractivity contribution in [3.63, 3.8) is 0 Å². The number of carbonyl (C=O) groups excluding carboxylic acids is 1. The molecule has 1 aromatic carbocycles. The lowest BCUT2D eigenvalue weighted by Crippen LogP contribution is -2.45. The summed E-state index contributed by atoms with van der Waals surface area (Å²) in [5, 5.41) is 1.31. The number of ether oxygens (including phenoxy) is 1. The Morgan fingerprint density at radius 1 is 1.45 bits per heavy atom. The summed E-state index contributed by atoms with van der Waals surface area (Å²) in [7, 11) is 7.61. The van der Waals surface area contributed by atoms with E-state index in [0.29, 0.717) is 11.9 Å². The summed E-state index contributed by atoms with van der Waals surface area (Å²) in [6, 6.07) is 5.93. The highest BCUT2D eigenvalue weighted by atomic mass is 16.6. The predicted octanol–water partition coefficient (Wildman–Crippen LogP) is 1.62. The van der Waals surface area contributed by atoms with Gasteiger partial charge < -0.3 is 9.64 Å². The van der Waals surface area contributed by atoms with E-state index in [1.807, 2.05) is 12.1 Å². The van der Waals surface area contributed by atoms with E-state index < -0.39 is 6.09 Å². The van der Waals surface area contributed by atoms with Gasteiger partial charge in [-0.3, -0.25) is 4.90 Å². The molecule has 0 saturated carbocycles. The summed E-state index contributed by atoms with van der Waals surface area (Å²) in [6.07, 6.45) is 1.06. The second-order valence-electron chi connectivity index (χ2n) is 6.46. The summed E-state index contributed by atoms with van der Waals surface area (Å²) in [5.74, 6) is 0.593. The Bertz CT molecular complexity index is 606. The molecule has 120 valence electrons. The van der Waals surface area contributed by atoms with Gasteiger partial charge in [-0.05, 0) is 37.2 Å². The molecule has 1 fully saturated rings. The van der Waals surface area contributed by atoms with Gasteiger partial charge in [0.05, 0.1) is 6.17 Å². The van der Waals surface area contributed by atoms with Crippen LogP contribution in [0.1, 0.15) is 18.9 Å². The molecule has 1 N–H and O–H groups in total. The van der Waals surface area contributed by atoms with Crippen LogP contribution in [0.25, 0.3) is 0 Å². The normalized spacial score (nSPS) is 26.8. The second-order valence-corrected chi connectivity index (χ2v) is 6.46. The number of hydrogen-bond donors (Lipinski definition) is 1. The summed E-state index contributed by atoms with van der Waals surface area (Å²) in [5.41, 5.74) is 5.31. The monoisotopic (exact) mass is 304 g/mol. The van der Waals surface area contributed by atoms with Crippen molar-refractivity contribution in [2.45, 2.75) is 24.9 Å². The lowest BCUT2D eigenvalue weighted by molar-refractivity contribution is 0.147. The van der Waals surface area contributed by atoms with Crippen LogP contribution in [0.3, 0.4) is 0 Å². The van der Waals surface area contributed by atoms with Crippen LogP contribution in [0.5, 0.6) is 5.75 Å². The van der Waals surface area contributed by atoms with Gasteiger partial charge in [-0.15, -0.1) is 0 Å². The zero-order chi connectivity index (χ0) is 16.1. The number of benzene rings is 1. The largest absolute Gasteiger partial charge is 0.429 e. The number of rotatable bonds is 2. The van der Waals surface area contributed by atoms with Gasteiger partial charge in [0.15, 0.2) is 0 Å². The van der Waals surface area contributed by atoms with Gasteiger partial charge in [0, 0.05) is 38.8 Å². The quantitative estimate of drug-likeness (QED) is 0.842. The summed E-state index contributed by atoms with van der Waals surface area (Å²) >= 11 is 0. The molecule has 1 saturated heterocycles. The molecule has 1 amide bonds. The Hall–Kier alpha value is -1.79. The van der Waals surface area contributed by atoms with E-state index in [9.17, 15) is 4.79 Å². The number of nitrogens with one attached hydrogen (secondary N) is 1. The average Bonchev–Trinajstić information content (AvgIpc) is 2.92. The Labute approximate surface area is 131 Å². The minimum atomic E-state index is -0.418. The number of nitrogens with zero attached hydrogens (tertiary/aromatic N) is 3. The molecule has 2 atom stereocenters. The van der Waals surface area contributed by atoms with Crippen LogP contribution in [-0.2, 0) is 5.41 Å². The third kappa shape index (κ3) is 2.06. The molecule has 6 nitrogen and oxygen atoms in total. The molecule has 2 aliphatic heterocycles. The molecule has 0 aromatic heterocycles. The second kappa shape index (κ2) is 5.14. The molecular formula is C16H24N4O2. The summed E-state index contributed by atoms with van der Waals surface area (Å²) in [6.45, 7) is 3.38. The number of likely N-dealkylation sites (N-methyl/N-ethyl adjacent to an activating group) is 2. The molecule has 2 heterocycles. The fourth-order valence-electron chi connectivity index (χ4n) is 3.88. The topological polar surface area (TPSA) is 48.1 Å². The molecule has 0 aliphatic carbocycles. The number of amides is 1. The van der Waals surface area contributed by atoms with Crippen LogP contribution in [0.15, 0.2) is 18.2 Å². The van der Waals surface area contributed by atoms with Gasteiger partial charge in [-0.1, -0.05) is 6.92 Å². The van der Waals surface area contributed by atoms with Crippen molar-refractivity contribution in [3.8, 4) is 5.75 Å². The molecule has 0 spiro atoms. The van der Waals surface area contributed by atoms with E-state index in [1.165, 1.54) is 16.3 Å². The minimum absolute atomic E-state index is 0.0795. The molecule has 1 unspecified atom stereocenters. The van der Waals surface area contributed by atoms with Gasteiger partial charge in [0.1, 0.15) is 5.75 Å². The summed E-state index contributed by atoms with van der Waals surface area (Å²) in [4.78, 5) is 16.6. The maximum atomic E-state index is 11.9. The number of anilines is 1. The molecule has 22 heavy (non-hydrogen) atoms. The first-order valence-corrected chi connectivity index (χ1v) is 7.59. The maximum Gasteiger partial charge on any atom is 0.429 e. The SMILES string of the molecule is CNN(C)C(=O)Oc1ccc2c(c1)[C@]1(C)CCN(C)C1N2C. The Morgan fingerprint density at radius 3 is 2.86 bits per heavy atom. The van der Waals surface area contributed by atoms with E-state index in [0.717, 1.165) is 13.0 Å². The highest BCUT2D eigenvalue weighted by Gasteiger charge is 2.52. The number of hydrogen-bond acceptors (Lipinski definition) is 5. The van der Waals surface area contributed by atoms with Gasteiger partial charge >= 0.3 is 6.09 Å². The van der Waals surface area contributed by atoms with E-state index in [-0.39, 0.29) is 5.41 Å². The molecule has 0 bridgehead atoms. The molecule has 0 radical (unpaired) electrons. The Morgan fingerprint density at radius 2 is 2.18 bits per heavy atom. The lowest BCUT2D eigenvalue weighted by Gasteiger charge is -2.32. The first-order valence-electron chi connectivity index (χ1n) is 7.59. The van der Waals surface area contributed by atoms with Crippen LogP contribution in [-0.4, -0.2) is 56.9 Å². The smallest absolute Gasteiger partial charge is 0.409 e. The standard InChI is InChI=1S/C16H24N4O2/c1-16-8-9-18(3)14(16)19(4)13-7-6-11(10-12(13)16)22-15(21)20(5)17-2/h6-7,10,14,17H,8-9H2,1-5H3/t14?,16-/m0/s1. The molecular weight excluding hydrogens is 280 g/mol. The number of carbonyl (C=O) groups is 1. The Balaban J connectivity index is 1.92. The van der Waals surface area contributed by atoms with Crippen LogP contribution in [0.4, 0.5) is 10.5 Å². The predicted molar refractivity (Wildman–Crippen MR) is 86.1 cm³/mol. The molecule has 1 aromatic rings. The van der Waals surface area contributed by atoms with E-state index in [1.54, 1.807) is 14.1 Å². The molecule has 2 aliphatic rings. The highest BCUT2D eigenvalue weighted by Crippen LogP contribution is 2.51. The van der Waals surface area contributed by atoms with Crippen LogP contribution < -0.4 is 15.1 Å². The zero-order valence-electron chi connectivity index (χ0n) is 13.9. The maximum absolute atomic E-state index is 11.9. The Kier molecular flexibility index (Phi) is 3.53. The van der Waals surface area contributed by atoms with Crippen molar-refractivity contribution in [3.05, 3.63) is 23.8 Å². The minimum Gasteiger partial charge on any atom is -0.409 e. The van der Waals surface area contributed by atoms with E-state index in [4.69, 9.17) is 4.74 Å².